The second-order valence-corrected chi connectivity index (χ2v) is 14.3. The van der Waals surface area contributed by atoms with Gasteiger partial charge in [-0.2, -0.15) is 0 Å². The fourth-order valence-corrected chi connectivity index (χ4v) is 5.66. The van der Waals surface area contributed by atoms with E-state index in [1.807, 2.05) is 4.90 Å². The Morgan fingerprint density at radius 2 is 1.35 bits per heavy atom. The van der Waals surface area contributed by atoms with Gasteiger partial charge in [0.25, 0.3) is 0 Å². The Labute approximate surface area is 369 Å². The molecule has 0 unspecified atom stereocenters. The zero-order valence-corrected chi connectivity index (χ0v) is 37.5. The molecule has 3 N–H and O–H groups in total. The molecular formula is C37H58CeN9O10. The van der Waals surface area contributed by atoms with Gasteiger partial charge >= 0.3 is 65.7 Å². The molecule has 2 aromatic rings. The first-order chi connectivity index (χ1) is 25.0. The van der Waals surface area contributed by atoms with Crippen LogP contribution in [0.2, 0.25) is 0 Å². The SMILES string of the molecule is CC(C)(C)OC(=O)[C@@H]1CN(c2ncc(CNC(=O)OC(C)(C)CC(=O)O)cn2)CCN1C(=O)CCOCCN1CCN(c2ncc(C(=O)O)cn2)CC1.[CH3-].[CH3-].[CH3-].[Ce+3]. The van der Waals surface area contributed by atoms with E-state index < -0.39 is 41.2 Å². The number of aromatic carboxylic acids is 1. The minimum atomic E-state index is -1.19. The van der Waals surface area contributed by atoms with Crippen LogP contribution in [0.3, 0.4) is 0 Å². The molecule has 2 aliphatic rings. The Kier molecular flexibility index (Phi) is 22.6. The molecule has 0 saturated carbocycles. The van der Waals surface area contributed by atoms with Gasteiger partial charge in [0, 0.05) is 82.7 Å². The van der Waals surface area contributed by atoms with Crippen LogP contribution in [0.1, 0.15) is 63.4 Å². The molecule has 57 heavy (non-hydrogen) atoms. The third-order valence-corrected chi connectivity index (χ3v) is 8.29. The maximum Gasteiger partial charge on any atom is 3.00 e. The molecular weight excluding hydrogens is 871 g/mol. The van der Waals surface area contributed by atoms with Crippen molar-refractivity contribution in [3.05, 3.63) is 58.2 Å². The van der Waals surface area contributed by atoms with Crippen LogP contribution in [0, 0.1) is 64.0 Å². The van der Waals surface area contributed by atoms with E-state index in [4.69, 9.17) is 24.4 Å². The van der Waals surface area contributed by atoms with Gasteiger partial charge < -0.3 is 66.7 Å². The summed E-state index contributed by atoms with van der Waals surface area (Å²) < 4.78 is 16.7. The van der Waals surface area contributed by atoms with Crippen LogP contribution in [-0.2, 0) is 35.1 Å². The standard InChI is InChI=1S/C34H49N9O10.3CH3.Ce/c1-33(2,3)52-29(49)25-22-42(31-35-17-23(18-36-31)19-39-32(50)53-34(4,5)16-27(45)46)11-12-43(25)26(44)6-14-51-15-13-40-7-9-41(10-8-40)30-37-20-24(21-38-30)28(47)48;;;;/h17-18,20-21,25H,6-16,19,22H2,1-5H3,(H,39,50)(H,45,46)(H,47,48);3*1H3;/q;3*-1;+3/t25-;;;;/m0..../s1. The largest absolute Gasteiger partial charge is 3.00 e. The van der Waals surface area contributed by atoms with Crippen LogP contribution in [0.15, 0.2) is 24.8 Å². The van der Waals surface area contributed by atoms with Gasteiger partial charge in [0.1, 0.15) is 17.2 Å². The number of aliphatic carboxylic acids is 1. The first-order valence-electron chi connectivity index (χ1n) is 17.4. The Bertz CT molecular complexity index is 1590. The second-order valence-electron chi connectivity index (χ2n) is 14.3. The fraction of sp³-hybridized carbons (Fsp3) is 0.568. The molecule has 2 saturated heterocycles. The monoisotopic (exact) mass is 928 g/mol. The summed E-state index contributed by atoms with van der Waals surface area (Å²) in [5, 5.41) is 20.6. The van der Waals surface area contributed by atoms with Gasteiger partial charge in [-0.05, 0) is 34.6 Å². The number of amides is 2. The summed E-state index contributed by atoms with van der Waals surface area (Å²) in [6, 6.07) is -0.898. The number of ether oxygens (including phenoxy) is 3. The Morgan fingerprint density at radius 3 is 1.91 bits per heavy atom. The molecule has 2 amide bonds. The summed E-state index contributed by atoms with van der Waals surface area (Å²) in [6.45, 7) is 13.2. The molecule has 0 aliphatic carbocycles. The van der Waals surface area contributed by atoms with E-state index in [1.165, 1.54) is 43.5 Å². The number of nitrogens with one attached hydrogen (secondary N) is 1. The molecule has 0 spiro atoms. The van der Waals surface area contributed by atoms with Gasteiger partial charge in [-0.15, -0.1) is 0 Å². The van der Waals surface area contributed by atoms with Crippen molar-refractivity contribution >= 4 is 41.8 Å². The van der Waals surface area contributed by atoms with Gasteiger partial charge in [-0.3, -0.25) is 14.5 Å². The number of carboxylic acids is 2. The van der Waals surface area contributed by atoms with Crippen molar-refractivity contribution in [3.8, 4) is 0 Å². The van der Waals surface area contributed by atoms with Crippen molar-refractivity contribution in [2.24, 2.45) is 0 Å². The van der Waals surface area contributed by atoms with E-state index >= 15 is 0 Å². The number of aromatic nitrogens is 4. The van der Waals surface area contributed by atoms with Crippen LogP contribution in [0.4, 0.5) is 16.7 Å². The Morgan fingerprint density at radius 1 is 0.789 bits per heavy atom. The van der Waals surface area contributed by atoms with Gasteiger partial charge in [0.2, 0.25) is 17.8 Å². The predicted octanol–water partition coefficient (Wildman–Crippen LogP) is 2.38. The van der Waals surface area contributed by atoms with Crippen LogP contribution >= 0.6 is 0 Å². The maximum absolute atomic E-state index is 13.4. The maximum atomic E-state index is 13.4. The van der Waals surface area contributed by atoms with E-state index in [-0.39, 0.29) is 115 Å². The molecule has 4 rings (SSSR count). The third-order valence-electron chi connectivity index (χ3n) is 8.29. The fourth-order valence-electron chi connectivity index (χ4n) is 5.66. The van der Waals surface area contributed by atoms with E-state index in [0.717, 1.165) is 13.1 Å². The molecule has 1 radical (unpaired) electrons. The van der Waals surface area contributed by atoms with Gasteiger partial charge in [-0.25, -0.2) is 34.3 Å². The molecule has 2 aliphatic heterocycles. The topological polar surface area (TPSA) is 230 Å². The van der Waals surface area contributed by atoms with Gasteiger partial charge in [0.15, 0.2) is 0 Å². The quantitative estimate of drug-likeness (QED) is 0.132. The number of alkyl carbamates (subject to hydrolysis) is 1. The van der Waals surface area contributed by atoms with Crippen molar-refractivity contribution in [1.29, 1.82) is 0 Å². The first-order valence-corrected chi connectivity index (χ1v) is 17.4. The van der Waals surface area contributed by atoms with Crippen molar-refractivity contribution in [3.63, 3.8) is 0 Å². The van der Waals surface area contributed by atoms with E-state index in [1.54, 1.807) is 25.7 Å². The Balaban J connectivity index is 0.00000784. The molecule has 2 fully saturated rings. The zero-order valence-electron chi connectivity index (χ0n) is 34.3. The normalized spacial score (nSPS) is 15.7. The summed E-state index contributed by atoms with van der Waals surface area (Å²) >= 11 is 0. The van der Waals surface area contributed by atoms with Crippen LogP contribution < -0.4 is 15.1 Å². The number of carboxylic acid groups (broad SMARTS) is 2. The van der Waals surface area contributed by atoms with Crippen LogP contribution in [0.5, 0.6) is 0 Å². The van der Waals surface area contributed by atoms with E-state index in [2.05, 4.69) is 30.2 Å². The number of anilines is 2. The molecule has 1 atom stereocenters. The molecule has 4 heterocycles. The molecule has 0 aromatic carbocycles. The second kappa shape index (κ2) is 24.2. The number of piperazine rings is 2. The van der Waals surface area contributed by atoms with Crippen LogP contribution in [0.25, 0.3) is 0 Å². The average molecular weight is 929 g/mol. The molecule has 19 nitrogen and oxygen atoms in total. The number of carbonyl (C=O) groups is 5. The molecule has 2 aromatic heterocycles. The van der Waals surface area contributed by atoms with Gasteiger partial charge in [-0.1, -0.05) is 0 Å². The predicted molar refractivity (Wildman–Crippen MR) is 208 cm³/mol. The van der Waals surface area contributed by atoms with Gasteiger partial charge in [0.05, 0.1) is 38.2 Å². The number of hydrogen-bond acceptors (Lipinski definition) is 15. The summed E-state index contributed by atoms with van der Waals surface area (Å²) in [5.74, 6) is -2.09. The smallest absolute Gasteiger partial charge is 0.481 e. The first kappa shape index (κ1) is 53.2. The molecule has 315 valence electrons. The number of nitrogens with zero attached hydrogens (tertiary/aromatic N) is 8. The summed E-state index contributed by atoms with van der Waals surface area (Å²) in [7, 11) is 0. The number of hydrogen-bond donors (Lipinski definition) is 3. The van der Waals surface area contributed by atoms with Crippen molar-refractivity contribution in [2.45, 2.75) is 71.2 Å². The van der Waals surface area contributed by atoms with E-state index in [0.29, 0.717) is 50.2 Å². The number of rotatable bonds is 15. The van der Waals surface area contributed by atoms with Crippen LogP contribution in [-0.4, -0.2) is 153 Å². The number of esters is 1. The number of carbonyl (C=O) groups excluding carboxylic acids is 3. The minimum absolute atomic E-state index is 0. The average Bonchev–Trinajstić information content (AvgIpc) is 3.09. The van der Waals surface area contributed by atoms with Crippen molar-refractivity contribution < 1.29 is 90.1 Å². The summed E-state index contributed by atoms with van der Waals surface area (Å²) in [6.07, 6.45) is 4.62. The zero-order chi connectivity index (χ0) is 38.8. The minimum Gasteiger partial charge on any atom is -0.481 e. The summed E-state index contributed by atoms with van der Waals surface area (Å²) in [5.41, 5.74) is -1.34. The summed E-state index contributed by atoms with van der Waals surface area (Å²) in [4.78, 5) is 85.6. The molecule has 0 bridgehead atoms. The van der Waals surface area contributed by atoms with Crippen molar-refractivity contribution in [1.82, 2.24) is 35.1 Å². The molecule has 20 heteroatoms. The third kappa shape index (κ3) is 17.3. The van der Waals surface area contributed by atoms with E-state index in [9.17, 15) is 24.0 Å². The Hall–Kier alpha value is -3.79. The van der Waals surface area contributed by atoms with Crippen molar-refractivity contribution in [2.75, 3.05) is 75.4 Å².